The van der Waals surface area contributed by atoms with E-state index >= 15 is 0 Å². The SMILES string of the molecule is CC(C)c1nc2ccc(C(=O)N3CCN(C(=O)C4CCC4)CC3)cc2[nH]1. The first kappa shape index (κ1) is 17.1. The Balaban J connectivity index is 1.43. The molecule has 6 nitrogen and oxygen atoms in total. The molecular formula is C20H26N4O2. The van der Waals surface area contributed by atoms with Gasteiger partial charge in [-0.1, -0.05) is 20.3 Å². The standard InChI is InChI=1S/C20H26N4O2/c1-13(2)18-21-16-7-6-15(12-17(16)22-18)20(26)24-10-8-23(9-11-24)19(25)14-4-3-5-14/h6-7,12-14H,3-5,8-11H2,1-2H3,(H,21,22). The molecule has 4 rings (SSSR count). The molecule has 0 bridgehead atoms. The van der Waals surface area contributed by atoms with Crippen molar-refractivity contribution in [2.45, 2.75) is 39.0 Å². The predicted molar refractivity (Wildman–Crippen MR) is 100 cm³/mol. The van der Waals surface area contributed by atoms with Crippen LogP contribution in [0, 0.1) is 5.92 Å². The number of aromatic nitrogens is 2. The van der Waals surface area contributed by atoms with Gasteiger partial charge in [0, 0.05) is 43.6 Å². The molecule has 138 valence electrons. The van der Waals surface area contributed by atoms with Crippen molar-refractivity contribution in [2.75, 3.05) is 26.2 Å². The van der Waals surface area contributed by atoms with E-state index in [9.17, 15) is 9.59 Å². The van der Waals surface area contributed by atoms with Crippen molar-refractivity contribution in [2.24, 2.45) is 5.92 Å². The maximum absolute atomic E-state index is 12.9. The minimum Gasteiger partial charge on any atom is -0.342 e. The topological polar surface area (TPSA) is 69.3 Å². The fourth-order valence-electron chi connectivity index (χ4n) is 3.66. The Bertz CT molecular complexity index is 829. The van der Waals surface area contributed by atoms with E-state index in [1.54, 1.807) is 0 Å². The van der Waals surface area contributed by atoms with Crippen LogP contribution in [0.1, 0.15) is 55.2 Å². The first-order valence-electron chi connectivity index (χ1n) is 9.60. The Hall–Kier alpha value is -2.37. The van der Waals surface area contributed by atoms with Gasteiger partial charge in [-0.15, -0.1) is 0 Å². The fourth-order valence-corrected chi connectivity index (χ4v) is 3.66. The van der Waals surface area contributed by atoms with Crippen LogP contribution in [0.3, 0.4) is 0 Å². The van der Waals surface area contributed by atoms with Gasteiger partial charge in [-0.2, -0.15) is 0 Å². The van der Waals surface area contributed by atoms with Gasteiger partial charge in [0.25, 0.3) is 5.91 Å². The summed E-state index contributed by atoms with van der Waals surface area (Å²) in [5.41, 5.74) is 2.47. The van der Waals surface area contributed by atoms with Crippen molar-refractivity contribution in [1.82, 2.24) is 19.8 Å². The number of carbonyl (C=O) groups is 2. The molecule has 26 heavy (non-hydrogen) atoms. The van der Waals surface area contributed by atoms with Gasteiger partial charge in [0.2, 0.25) is 5.91 Å². The molecule has 0 unspecified atom stereocenters. The average Bonchev–Trinajstić information content (AvgIpc) is 3.03. The maximum Gasteiger partial charge on any atom is 0.254 e. The molecule has 1 saturated carbocycles. The molecule has 1 aromatic heterocycles. The zero-order valence-electron chi connectivity index (χ0n) is 15.5. The van der Waals surface area contributed by atoms with Crippen molar-refractivity contribution >= 4 is 22.8 Å². The summed E-state index contributed by atoms with van der Waals surface area (Å²) >= 11 is 0. The Morgan fingerprint density at radius 2 is 1.81 bits per heavy atom. The van der Waals surface area contributed by atoms with Gasteiger partial charge in [-0.3, -0.25) is 9.59 Å². The molecule has 2 aromatic rings. The summed E-state index contributed by atoms with van der Waals surface area (Å²) < 4.78 is 0. The third-order valence-corrected chi connectivity index (χ3v) is 5.63. The third kappa shape index (κ3) is 3.08. The fraction of sp³-hybridized carbons (Fsp3) is 0.550. The number of H-pyrrole nitrogens is 1. The predicted octanol–water partition coefficient (Wildman–Crippen LogP) is 2.77. The number of nitrogens with zero attached hydrogens (tertiary/aromatic N) is 3. The zero-order valence-corrected chi connectivity index (χ0v) is 15.5. The van der Waals surface area contributed by atoms with Gasteiger partial charge in [0.05, 0.1) is 11.0 Å². The highest BCUT2D eigenvalue weighted by Crippen LogP contribution is 2.28. The van der Waals surface area contributed by atoms with E-state index in [-0.39, 0.29) is 17.7 Å². The number of aromatic amines is 1. The van der Waals surface area contributed by atoms with Crippen molar-refractivity contribution in [3.8, 4) is 0 Å². The number of amides is 2. The minimum absolute atomic E-state index is 0.0309. The van der Waals surface area contributed by atoms with Crippen LogP contribution >= 0.6 is 0 Å². The van der Waals surface area contributed by atoms with Gasteiger partial charge in [0.1, 0.15) is 5.82 Å². The second-order valence-corrected chi connectivity index (χ2v) is 7.75. The molecule has 0 radical (unpaired) electrons. The summed E-state index contributed by atoms with van der Waals surface area (Å²) in [6, 6.07) is 5.64. The molecule has 2 heterocycles. The second kappa shape index (κ2) is 6.74. The largest absolute Gasteiger partial charge is 0.342 e. The Kier molecular flexibility index (Phi) is 4.42. The molecule has 2 aliphatic rings. The zero-order chi connectivity index (χ0) is 18.3. The number of carbonyl (C=O) groups excluding carboxylic acids is 2. The normalized spacial score (nSPS) is 18.4. The van der Waals surface area contributed by atoms with Gasteiger partial charge in [0.15, 0.2) is 0 Å². The van der Waals surface area contributed by atoms with Crippen LogP contribution in [0.4, 0.5) is 0 Å². The van der Waals surface area contributed by atoms with Crippen molar-refractivity contribution in [3.05, 3.63) is 29.6 Å². The van der Waals surface area contributed by atoms with Crippen LogP contribution < -0.4 is 0 Å². The minimum atomic E-state index is 0.0309. The lowest BCUT2D eigenvalue weighted by Gasteiger charge is -2.38. The van der Waals surface area contributed by atoms with E-state index in [0.717, 1.165) is 29.7 Å². The number of rotatable bonds is 3. The maximum atomic E-state index is 12.9. The number of hydrogen-bond donors (Lipinski definition) is 1. The first-order valence-corrected chi connectivity index (χ1v) is 9.60. The van der Waals surface area contributed by atoms with Crippen LogP contribution in [-0.2, 0) is 4.79 Å². The van der Waals surface area contributed by atoms with Gasteiger partial charge in [-0.05, 0) is 31.0 Å². The van der Waals surface area contributed by atoms with Crippen molar-refractivity contribution in [3.63, 3.8) is 0 Å². The van der Waals surface area contributed by atoms with E-state index < -0.39 is 0 Å². The molecule has 1 N–H and O–H groups in total. The Morgan fingerprint density at radius 1 is 1.12 bits per heavy atom. The highest BCUT2D eigenvalue weighted by molar-refractivity contribution is 5.97. The molecule has 0 atom stereocenters. The van der Waals surface area contributed by atoms with Crippen molar-refractivity contribution < 1.29 is 9.59 Å². The van der Waals surface area contributed by atoms with Gasteiger partial charge in [-0.25, -0.2) is 4.98 Å². The molecule has 0 spiro atoms. The quantitative estimate of drug-likeness (QED) is 0.921. The first-order chi connectivity index (χ1) is 12.5. The molecule has 1 aliphatic heterocycles. The van der Waals surface area contributed by atoms with Crippen LogP contribution in [-0.4, -0.2) is 57.8 Å². The number of piperazine rings is 1. The molecule has 1 saturated heterocycles. The molecule has 2 amide bonds. The number of hydrogen-bond acceptors (Lipinski definition) is 3. The molecule has 2 fully saturated rings. The highest BCUT2D eigenvalue weighted by Gasteiger charge is 2.32. The highest BCUT2D eigenvalue weighted by atomic mass is 16.2. The third-order valence-electron chi connectivity index (χ3n) is 5.63. The van der Waals surface area contributed by atoms with Crippen LogP contribution in [0.25, 0.3) is 11.0 Å². The van der Waals surface area contributed by atoms with Gasteiger partial charge < -0.3 is 14.8 Å². The molecular weight excluding hydrogens is 328 g/mol. The number of benzene rings is 1. The molecule has 1 aromatic carbocycles. The van der Waals surface area contributed by atoms with E-state index in [1.807, 2.05) is 28.0 Å². The smallest absolute Gasteiger partial charge is 0.254 e. The number of imidazole rings is 1. The lowest BCUT2D eigenvalue weighted by molar-refractivity contribution is -0.139. The van der Waals surface area contributed by atoms with Gasteiger partial charge >= 0.3 is 0 Å². The molecule has 6 heteroatoms. The summed E-state index contributed by atoms with van der Waals surface area (Å²) in [4.78, 5) is 36.8. The molecule has 1 aliphatic carbocycles. The van der Waals surface area contributed by atoms with Crippen molar-refractivity contribution in [1.29, 1.82) is 0 Å². The van der Waals surface area contributed by atoms with Crippen LogP contribution in [0.15, 0.2) is 18.2 Å². The van der Waals surface area contributed by atoms with E-state index in [1.165, 1.54) is 6.42 Å². The monoisotopic (exact) mass is 354 g/mol. The summed E-state index contributed by atoms with van der Waals surface area (Å²) in [7, 11) is 0. The second-order valence-electron chi connectivity index (χ2n) is 7.75. The summed E-state index contributed by atoms with van der Waals surface area (Å²) in [6.07, 6.45) is 3.23. The van der Waals surface area contributed by atoms with E-state index in [4.69, 9.17) is 0 Å². The lowest BCUT2D eigenvalue weighted by atomic mass is 9.84. The van der Waals surface area contributed by atoms with Crippen LogP contribution in [0.2, 0.25) is 0 Å². The summed E-state index contributed by atoms with van der Waals surface area (Å²) in [5, 5.41) is 0. The average molecular weight is 354 g/mol. The van der Waals surface area contributed by atoms with E-state index in [0.29, 0.717) is 37.7 Å². The lowest BCUT2D eigenvalue weighted by Crippen LogP contribution is -2.52. The Morgan fingerprint density at radius 3 is 2.42 bits per heavy atom. The summed E-state index contributed by atoms with van der Waals surface area (Å²) in [5.74, 6) is 1.80. The number of nitrogens with one attached hydrogen (secondary N) is 1. The summed E-state index contributed by atoms with van der Waals surface area (Å²) in [6.45, 7) is 6.68. The van der Waals surface area contributed by atoms with Crippen LogP contribution in [0.5, 0.6) is 0 Å². The van der Waals surface area contributed by atoms with E-state index in [2.05, 4.69) is 23.8 Å². The Labute approximate surface area is 153 Å². The number of fused-ring (bicyclic) bond motifs is 1.